The second-order valence-corrected chi connectivity index (χ2v) is 6.44. The lowest BCUT2D eigenvalue weighted by molar-refractivity contribution is 0.0356. The summed E-state index contributed by atoms with van der Waals surface area (Å²) in [6, 6.07) is 0. The molecule has 0 aromatic heterocycles. The molecular weight excluding hydrogens is 184 g/mol. The van der Waals surface area contributed by atoms with Gasteiger partial charge in [0.1, 0.15) is 0 Å². The Kier molecular flexibility index (Phi) is 3.39. The van der Waals surface area contributed by atoms with Crippen LogP contribution >= 0.6 is 0 Å². The Labute approximate surface area is 94.3 Å². The molecule has 0 aromatic rings. The summed E-state index contributed by atoms with van der Waals surface area (Å²) in [6.07, 6.45) is 10.4. The van der Waals surface area contributed by atoms with Crippen LogP contribution in [0.3, 0.4) is 0 Å². The van der Waals surface area contributed by atoms with Crippen LogP contribution in [0.4, 0.5) is 0 Å². The van der Waals surface area contributed by atoms with Crippen molar-refractivity contribution in [2.24, 2.45) is 17.3 Å². The molecule has 2 aliphatic carbocycles. The van der Waals surface area contributed by atoms with Crippen LogP contribution < -0.4 is 0 Å². The van der Waals surface area contributed by atoms with Crippen LogP contribution in [0.15, 0.2) is 0 Å². The number of rotatable bonds is 3. The fourth-order valence-electron chi connectivity index (χ4n) is 3.82. The van der Waals surface area contributed by atoms with Crippen molar-refractivity contribution in [3.05, 3.63) is 0 Å². The summed E-state index contributed by atoms with van der Waals surface area (Å²) in [5.74, 6) is 1.40. The zero-order chi connectivity index (χ0) is 10.9. The minimum Gasteiger partial charge on any atom is -0.393 e. The monoisotopic (exact) mass is 210 g/mol. The van der Waals surface area contributed by atoms with Gasteiger partial charge in [0.2, 0.25) is 0 Å². The van der Waals surface area contributed by atoms with Gasteiger partial charge in [0, 0.05) is 0 Å². The van der Waals surface area contributed by atoms with Crippen molar-refractivity contribution in [1.29, 1.82) is 0 Å². The summed E-state index contributed by atoms with van der Waals surface area (Å²) in [6.45, 7) is 4.67. The van der Waals surface area contributed by atoms with Gasteiger partial charge >= 0.3 is 0 Å². The van der Waals surface area contributed by atoms with Crippen LogP contribution in [0.5, 0.6) is 0 Å². The standard InChI is InChI=1S/C14H26O/c1-14(2)9-5-8-12(14)13(15)10-11-6-3-4-7-11/h11-13,15H,3-10H2,1-2H3. The average Bonchev–Trinajstić information content (AvgIpc) is 2.73. The zero-order valence-corrected chi connectivity index (χ0v) is 10.3. The molecule has 0 amide bonds. The highest BCUT2D eigenvalue weighted by Gasteiger charge is 2.39. The molecule has 1 heteroatoms. The van der Waals surface area contributed by atoms with Gasteiger partial charge in [-0.15, -0.1) is 0 Å². The Balaban J connectivity index is 1.86. The minimum absolute atomic E-state index is 0.0226. The van der Waals surface area contributed by atoms with Crippen molar-refractivity contribution in [1.82, 2.24) is 0 Å². The molecule has 2 saturated carbocycles. The van der Waals surface area contributed by atoms with E-state index in [0.717, 1.165) is 12.3 Å². The van der Waals surface area contributed by atoms with E-state index in [1.807, 2.05) is 0 Å². The second-order valence-electron chi connectivity index (χ2n) is 6.44. The summed E-state index contributed by atoms with van der Waals surface area (Å²) in [5.41, 5.74) is 0.387. The van der Waals surface area contributed by atoms with Gasteiger partial charge in [0.15, 0.2) is 0 Å². The predicted octanol–water partition coefficient (Wildman–Crippen LogP) is 3.75. The molecule has 0 spiro atoms. The molecule has 1 nitrogen and oxygen atoms in total. The molecule has 15 heavy (non-hydrogen) atoms. The van der Waals surface area contributed by atoms with Crippen molar-refractivity contribution >= 4 is 0 Å². The van der Waals surface area contributed by atoms with Gasteiger partial charge in [-0.2, -0.15) is 0 Å². The van der Waals surface area contributed by atoms with E-state index in [1.54, 1.807) is 0 Å². The van der Waals surface area contributed by atoms with Crippen molar-refractivity contribution in [2.45, 2.75) is 71.3 Å². The average molecular weight is 210 g/mol. The van der Waals surface area contributed by atoms with Gasteiger partial charge < -0.3 is 5.11 Å². The molecule has 0 aliphatic heterocycles. The highest BCUT2D eigenvalue weighted by Crippen LogP contribution is 2.46. The summed E-state index contributed by atoms with van der Waals surface area (Å²) < 4.78 is 0. The normalized spacial score (nSPS) is 33.4. The number of aliphatic hydroxyl groups is 1. The maximum absolute atomic E-state index is 10.3. The van der Waals surface area contributed by atoms with Gasteiger partial charge in [-0.25, -0.2) is 0 Å². The van der Waals surface area contributed by atoms with Crippen molar-refractivity contribution in [3.63, 3.8) is 0 Å². The summed E-state index contributed by atoms with van der Waals surface area (Å²) >= 11 is 0. The van der Waals surface area contributed by atoms with Crippen LogP contribution in [0, 0.1) is 17.3 Å². The molecule has 1 N–H and O–H groups in total. The molecule has 0 radical (unpaired) electrons. The third-order valence-electron chi connectivity index (χ3n) is 4.85. The van der Waals surface area contributed by atoms with Crippen molar-refractivity contribution in [2.75, 3.05) is 0 Å². The third-order valence-corrected chi connectivity index (χ3v) is 4.85. The fourth-order valence-corrected chi connectivity index (χ4v) is 3.82. The second kappa shape index (κ2) is 4.45. The maximum Gasteiger partial charge on any atom is 0.0576 e. The lowest BCUT2D eigenvalue weighted by atomic mass is 9.76. The highest BCUT2D eigenvalue weighted by atomic mass is 16.3. The van der Waals surface area contributed by atoms with E-state index < -0.39 is 0 Å². The quantitative estimate of drug-likeness (QED) is 0.752. The molecule has 0 heterocycles. The molecule has 2 aliphatic rings. The van der Waals surface area contributed by atoms with Crippen molar-refractivity contribution in [3.8, 4) is 0 Å². The molecular formula is C14H26O. The van der Waals surface area contributed by atoms with E-state index in [-0.39, 0.29) is 6.10 Å². The topological polar surface area (TPSA) is 20.2 Å². The Morgan fingerprint density at radius 1 is 1.13 bits per heavy atom. The minimum atomic E-state index is -0.0226. The van der Waals surface area contributed by atoms with E-state index in [4.69, 9.17) is 0 Å². The highest BCUT2D eigenvalue weighted by molar-refractivity contribution is 4.90. The number of aliphatic hydroxyl groups excluding tert-OH is 1. The molecule has 2 fully saturated rings. The predicted molar refractivity (Wildman–Crippen MR) is 63.7 cm³/mol. The molecule has 2 atom stereocenters. The molecule has 0 bridgehead atoms. The van der Waals surface area contributed by atoms with Gasteiger partial charge in [-0.1, -0.05) is 46.0 Å². The van der Waals surface area contributed by atoms with Crippen LogP contribution in [-0.4, -0.2) is 11.2 Å². The molecule has 0 aromatic carbocycles. The smallest absolute Gasteiger partial charge is 0.0576 e. The number of hydrogen-bond acceptors (Lipinski definition) is 1. The largest absolute Gasteiger partial charge is 0.393 e. The third kappa shape index (κ3) is 2.55. The van der Waals surface area contributed by atoms with Crippen LogP contribution in [-0.2, 0) is 0 Å². The molecule has 88 valence electrons. The van der Waals surface area contributed by atoms with E-state index in [0.29, 0.717) is 11.3 Å². The molecule has 2 unspecified atom stereocenters. The van der Waals surface area contributed by atoms with E-state index >= 15 is 0 Å². The van der Waals surface area contributed by atoms with Crippen LogP contribution in [0.2, 0.25) is 0 Å². The Hall–Kier alpha value is -0.0400. The van der Waals surface area contributed by atoms with Gasteiger partial charge in [0.25, 0.3) is 0 Å². The lowest BCUT2D eigenvalue weighted by Gasteiger charge is -2.32. The summed E-state index contributed by atoms with van der Waals surface area (Å²) in [4.78, 5) is 0. The first-order valence-electron chi connectivity index (χ1n) is 6.78. The fraction of sp³-hybridized carbons (Fsp3) is 1.00. The first-order chi connectivity index (χ1) is 7.09. The first-order valence-corrected chi connectivity index (χ1v) is 6.78. The summed E-state index contributed by atoms with van der Waals surface area (Å²) in [5, 5.41) is 10.3. The van der Waals surface area contributed by atoms with E-state index in [2.05, 4.69) is 13.8 Å². The van der Waals surface area contributed by atoms with Gasteiger partial charge in [-0.3, -0.25) is 0 Å². The van der Waals surface area contributed by atoms with E-state index in [9.17, 15) is 5.11 Å². The van der Waals surface area contributed by atoms with Gasteiger partial charge in [-0.05, 0) is 36.5 Å². The van der Waals surface area contributed by atoms with E-state index in [1.165, 1.54) is 44.9 Å². The first kappa shape index (κ1) is 11.4. The van der Waals surface area contributed by atoms with Crippen molar-refractivity contribution < 1.29 is 5.11 Å². The molecule has 2 rings (SSSR count). The maximum atomic E-state index is 10.3. The number of hydrogen-bond donors (Lipinski definition) is 1. The lowest BCUT2D eigenvalue weighted by Crippen LogP contribution is -2.31. The SMILES string of the molecule is CC1(C)CCCC1C(O)CC1CCCC1. The Bertz CT molecular complexity index is 203. The van der Waals surface area contributed by atoms with Gasteiger partial charge in [0.05, 0.1) is 6.10 Å². The Morgan fingerprint density at radius 3 is 2.33 bits per heavy atom. The Morgan fingerprint density at radius 2 is 1.80 bits per heavy atom. The van der Waals surface area contributed by atoms with Crippen LogP contribution in [0.1, 0.15) is 65.2 Å². The summed E-state index contributed by atoms with van der Waals surface area (Å²) in [7, 11) is 0. The molecule has 0 saturated heterocycles. The zero-order valence-electron chi connectivity index (χ0n) is 10.3. The van der Waals surface area contributed by atoms with Crippen LogP contribution in [0.25, 0.3) is 0 Å².